The smallest absolute Gasteiger partial charge is 0.171 e. The minimum atomic E-state index is 0.0272. The van der Waals surface area contributed by atoms with Gasteiger partial charge in [-0.05, 0) is 56.8 Å². The van der Waals surface area contributed by atoms with E-state index in [1.54, 1.807) is 0 Å². The van der Waals surface area contributed by atoms with Gasteiger partial charge in [-0.3, -0.25) is 0 Å². The molecule has 0 aliphatic carbocycles. The van der Waals surface area contributed by atoms with Crippen molar-refractivity contribution in [3.05, 3.63) is 28.7 Å². The van der Waals surface area contributed by atoms with Gasteiger partial charge in [0.05, 0.1) is 0 Å². The standard InChI is InChI=1S/C12H17BrN2S/c1-4-12(2,3)15-11(16)14-10-7-5-9(13)6-8-10/h5-8H,4H2,1-3H3,(H2,14,15,16). The monoisotopic (exact) mass is 300 g/mol. The Morgan fingerprint density at radius 2 is 1.88 bits per heavy atom. The molecule has 1 aromatic carbocycles. The zero-order valence-electron chi connectivity index (χ0n) is 9.80. The van der Waals surface area contributed by atoms with Crippen LogP contribution >= 0.6 is 28.1 Å². The van der Waals surface area contributed by atoms with E-state index in [4.69, 9.17) is 12.2 Å². The highest BCUT2D eigenvalue weighted by Gasteiger charge is 2.15. The molecule has 0 bridgehead atoms. The van der Waals surface area contributed by atoms with Gasteiger partial charge in [0.1, 0.15) is 0 Å². The molecule has 0 heterocycles. The predicted octanol–water partition coefficient (Wildman–Crippen LogP) is 3.92. The number of thiocarbonyl (C=S) groups is 1. The van der Waals surface area contributed by atoms with Crippen molar-refractivity contribution in [1.82, 2.24) is 5.32 Å². The summed E-state index contributed by atoms with van der Waals surface area (Å²) >= 11 is 8.64. The summed E-state index contributed by atoms with van der Waals surface area (Å²) in [7, 11) is 0. The summed E-state index contributed by atoms with van der Waals surface area (Å²) in [5.74, 6) is 0. The third-order valence-electron chi connectivity index (χ3n) is 2.44. The minimum absolute atomic E-state index is 0.0272. The van der Waals surface area contributed by atoms with Gasteiger partial charge < -0.3 is 10.6 Å². The Kier molecular flexibility index (Phi) is 4.74. The number of benzene rings is 1. The second kappa shape index (κ2) is 5.64. The van der Waals surface area contributed by atoms with Crippen LogP contribution in [0.15, 0.2) is 28.7 Å². The molecule has 16 heavy (non-hydrogen) atoms. The van der Waals surface area contributed by atoms with Crippen LogP contribution in [-0.2, 0) is 0 Å². The van der Waals surface area contributed by atoms with E-state index in [9.17, 15) is 0 Å². The largest absolute Gasteiger partial charge is 0.358 e. The van der Waals surface area contributed by atoms with E-state index in [0.29, 0.717) is 5.11 Å². The molecule has 0 unspecified atom stereocenters. The lowest BCUT2D eigenvalue weighted by Crippen LogP contribution is -2.44. The molecule has 0 aliphatic rings. The molecular weight excluding hydrogens is 284 g/mol. The van der Waals surface area contributed by atoms with E-state index in [1.165, 1.54) is 0 Å². The van der Waals surface area contributed by atoms with Crippen LogP contribution in [-0.4, -0.2) is 10.7 Å². The maximum Gasteiger partial charge on any atom is 0.171 e. The first-order valence-electron chi connectivity index (χ1n) is 5.28. The molecule has 0 saturated heterocycles. The van der Waals surface area contributed by atoms with E-state index in [1.807, 2.05) is 24.3 Å². The first-order chi connectivity index (χ1) is 7.43. The molecule has 4 heteroatoms. The second-order valence-corrected chi connectivity index (χ2v) is 5.65. The fraction of sp³-hybridized carbons (Fsp3) is 0.417. The minimum Gasteiger partial charge on any atom is -0.358 e. The molecule has 0 saturated carbocycles. The highest BCUT2D eigenvalue weighted by atomic mass is 79.9. The lowest BCUT2D eigenvalue weighted by Gasteiger charge is -2.26. The van der Waals surface area contributed by atoms with Crippen molar-refractivity contribution in [2.75, 3.05) is 5.32 Å². The van der Waals surface area contributed by atoms with Crippen LogP contribution in [0.2, 0.25) is 0 Å². The first kappa shape index (κ1) is 13.5. The van der Waals surface area contributed by atoms with Crippen LogP contribution < -0.4 is 10.6 Å². The summed E-state index contributed by atoms with van der Waals surface area (Å²) in [6.07, 6.45) is 1.02. The average molecular weight is 301 g/mol. The van der Waals surface area contributed by atoms with Crippen molar-refractivity contribution >= 4 is 38.9 Å². The van der Waals surface area contributed by atoms with Gasteiger partial charge in [0.2, 0.25) is 0 Å². The van der Waals surface area contributed by atoms with Gasteiger partial charge >= 0.3 is 0 Å². The molecule has 0 amide bonds. The lowest BCUT2D eigenvalue weighted by atomic mass is 10.0. The summed E-state index contributed by atoms with van der Waals surface area (Å²) in [6, 6.07) is 7.93. The Hall–Kier alpha value is -0.610. The molecule has 0 spiro atoms. The Balaban J connectivity index is 2.55. The van der Waals surface area contributed by atoms with Gasteiger partial charge in [-0.1, -0.05) is 22.9 Å². The number of hydrogen-bond donors (Lipinski definition) is 2. The average Bonchev–Trinajstić information content (AvgIpc) is 2.21. The quantitative estimate of drug-likeness (QED) is 0.827. The zero-order valence-corrected chi connectivity index (χ0v) is 12.2. The lowest BCUT2D eigenvalue weighted by molar-refractivity contribution is 0.448. The zero-order chi connectivity index (χ0) is 12.2. The number of anilines is 1. The van der Waals surface area contributed by atoms with E-state index >= 15 is 0 Å². The summed E-state index contributed by atoms with van der Waals surface area (Å²) in [5.41, 5.74) is 1.02. The fourth-order valence-electron chi connectivity index (χ4n) is 1.09. The highest BCUT2D eigenvalue weighted by Crippen LogP contribution is 2.14. The molecule has 2 N–H and O–H groups in total. The Labute approximate surface area is 111 Å². The van der Waals surface area contributed by atoms with Crippen molar-refractivity contribution in [3.8, 4) is 0 Å². The topological polar surface area (TPSA) is 24.1 Å². The maximum atomic E-state index is 5.25. The molecular formula is C12H17BrN2S. The van der Waals surface area contributed by atoms with Crippen LogP contribution in [0.5, 0.6) is 0 Å². The van der Waals surface area contributed by atoms with Gasteiger partial charge in [-0.15, -0.1) is 0 Å². The third-order valence-corrected chi connectivity index (χ3v) is 3.17. The molecule has 0 aromatic heterocycles. The maximum absolute atomic E-state index is 5.25. The second-order valence-electron chi connectivity index (χ2n) is 4.32. The van der Waals surface area contributed by atoms with Gasteiger partial charge in [-0.25, -0.2) is 0 Å². The van der Waals surface area contributed by atoms with Crippen LogP contribution in [0, 0.1) is 0 Å². The van der Waals surface area contributed by atoms with Gasteiger partial charge in [0.25, 0.3) is 0 Å². The molecule has 0 atom stereocenters. The summed E-state index contributed by atoms with van der Waals surface area (Å²) < 4.78 is 1.06. The van der Waals surface area contributed by atoms with Crippen molar-refractivity contribution in [1.29, 1.82) is 0 Å². The van der Waals surface area contributed by atoms with Crippen molar-refractivity contribution in [2.24, 2.45) is 0 Å². The first-order valence-corrected chi connectivity index (χ1v) is 6.48. The summed E-state index contributed by atoms with van der Waals surface area (Å²) in [6.45, 7) is 6.39. The van der Waals surface area contributed by atoms with E-state index in [0.717, 1.165) is 16.6 Å². The number of rotatable bonds is 3. The fourth-order valence-corrected chi connectivity index (χ4v) is 1.75. The molecule has 1 rings (SSSR count). The van der Waals surface area contributed by atoms with Gasteiger partial charge in [0, 0.05) is 15.7 Å². The predicted molar refractivity (Wildman–Crippen MR) is 77.9 cm³/mol. The summed E-state index contributed by atoms with van der Waals surface area (Å²) in [5, 5.41) is 7.10. The molecule has 2 nitrogen and oxygen atoms in total. The van der Waals surface area contributed by atoms with E-state index in [-0.39, 0.29) is 5.54 Å². The van der Waals surface area contributed by atoms with E-state index in [2.05, 4.69) is 47.3 Å². The Bertz CT molecular complexity index is 360. The van der Waals surface area contributed by atoms with Crippen LogP contribution in [0.1, 0.15) is 27.2 Å². The third kappa shape index (κ3) is 4.49. The van der Waals surface area contributed by atoms with Gasteiger partial charge in [-0.2, -0.15) is 0 Å². The van der Waals surface area contributed by atoms with Crippen molar-refractivity contribution in [3.63, 3.8) is 0 Å². The van der Waals surface area contributed by atoms with E-state index < -0.39 is 0 Å². The Morgan fingerprint density at radius 3 is 2.38 bits per heavy atom. The SMILES string of the molecule is CCC(C)(C)NC(=S)Nc1ccc(Br)cc1. The summed E-state index contributed by atoms with van der Waals surface area (Å²) in [4.78, 5) is 0. The van der Waals surface area contributed by atoms with Gasteiger partial charge in [0.15, 0.2) is 5.11 Å². The van der Waals surface area contributed by atoms with Crippen molar-refractivity contribution < 1.29 is 0 Å². The molecule has 0 radical (unpaired) electrons. The molecule has 1 aromatic rings. The number of nitrogens with one attached hydrogen (secondary N) is 2. The number of hydrogen-bond acceptors (Lipinski definition) is 1. The van der Waals surface area contributed by atoms with Crippen LogP contribution in [0.4, 0.5) is 5.69 Å². The highest BCUT2D eigenvalue weighted by molar-refractivity contribution is 9.10. The van der Waals surface area contributed by atoms with Crippen LogP contribution in [0.3, 0.4) is 0 Å². The normalized spacial score (nSPS) is 11.0. The van der Waals surface area contributed by atoms with Crippen LogP contribution in [0.25, 0.3) is 0 Å². The number of halogens is 1. The Morgan fingerprint density at radius 1 is 1.31 bits per heavy atom. The van der Waals surface area contributed by atoms with Crippen molar-refractivity contribution in [2.45, 2.75) is 32.7 Å². The molecule has 88 valence electrons. The molecule has 0 aliphatic heterocycles. The molecule has 0 fully saturated rings.